The monoisotopic (exact) mass is 325 g/mol. The minimum absolute atomic E-state index is 0.0943. The number of carbonyl (C=O) groups excluding carboxylic acids is 1. The average molecular weight is 325 g/mol. The van der Waals surface area contributed by atoms with E-state index in [1.807, 2.05) is 27.8 Å². The number of furan rings is 1. The van der Waals surface area contributed by atoms with Crippen molar-refractivity contribution in [2.75, 3.05) is 13.1 Å². The third kappa shape index (κ3) is 2.66. The highest BCUT2D eigenvalue weighted by atomic mass is 32.1. The zero-order chi connectivity index (χ0) is 15.6. The predicted octanol–water partition coefficient (Wildman–Crippen LogP) is 3.04. The molecule has 0 saturated carbocycles. The lowest BCUT2D eigenvalue weighted by atomic mass is 10.0. The number of aromatic nitrogens is 2. The molecule has 23 heavy (non-hydrogen) atoms. The molecule has 3 aromatic heterocycles. The molecule has 116 valence electrons. The van der Waals surface area contributed by atoms with E-state index in [1.54, 1.807) is 30.2 Å². The number of hydrogen-bond acceptors (Lipinski definition) is 5. The van der Waals surface area contributed by atoms with Crippen molar-refractivity contribution in [3.8, 4) is 11.3 Å². The van der Waals surface area contributed by atoms with E-state index in [1.165, 1.54) is 0 Å². The number of fused-ring (bicyclic) bond motifs is 1. The second-order valence-electron chi connectivity index (χ2n) is 5.46. The molecule has 6 heteroatoms. The Bertz CT molecular complexity index is 812. The second kappa shape index (κ2) is 5.96. The Hall–Kier alpha value is -2.47. The van der Waals surface area contributed by atoms with Gasteiger partial charge in [0, 0.05) is 41.7 Å². The standard InChI is InChI=1S/C17H15N3O2S/c21-17(13-4-8-23-10-13)20-5-1-14-15(2-6-20)18-11-19-16(14)12-3-7-22-9-12/h3-4,7-11H,1-2,5-6H2. The number of hydrogen-bond donors (Lipinski definition) is 0. The SMILES string of the molecule is O=C(c1ccsc1)N1CCc2ncnc(-c3ccoc3)c2CC1. The van der Waals surface area contributed by atoms with Crippen LogP contribution in [0.25, 0.3) is 11.3 Å². The van der Waals surface area contributed by atoms with Gasteiger partial charge < -0.3 is 9.32 Å². The molecule has 1 aliphatic heterocycles. The summed E-state index contributed by atoms with van der Waals surface area (Å²) in [4.78, 5) is 23.3. The van der Waals surface area contributed by atoms with Crippen molar-refractivity contribution in [1.82, 2.24) is 14.9 Å². The van der Waals surface area contributed by atoms with E-state index in [9.17, 15) is 4.79 Å². The highest BCUT2D eigenvalue weighted by Crippen LogP contribution is 2.26. The summed E-state index contributed by atoms with van der Waals surface area (Å²) in [7, 11) is 0. The zero-order valence-electron chi connectivity index (χ0n) is 12.4. The highest BCUT2D eigenvalue weighted by Gasteiger charge is 2.23. The summed E-state index contributed by atoms with van der Waals surface area (Å²) in [5.41, 5.74) is 4.78. The van der Waals surface area contributed by atoms with Crippen LogP contribution in [0.1, 0.15) is 21.6 Å². The number of thiophene rings is 1. The van der Waals surface area contributed by atoms with Crippen molar-refractivity contribution in [3.05, 3.63) is 58.6 Å². The van der Waals surface area contributed by atoms with Crippen molar-refractivity contribution in [2.24, 2.45) is 0 Å². The van der Waals surface area contributed by atoms with Crippen LogP contribution >= 0.6 is 11.3 Å². The van der Waals surface area contributed by atoms with Crippen molar-refractivity contribution >= 4 is 17.2 Å². The summed E-state index contributed by atoms with van der Waals surface area (Å²) >= 11 is 1.54. The third-order valence-electron chi connectivity index (χ3n) is 4.13. The summed E-state index contributed by atoms with van der Waals surface area (Å²) in [5.74, 6) is 0.0943. The van der Waals surface area contributed by atoms with E-state index in [0.717, 1.165) is 40.9 Å². The van der Waals surface area contributed by atoms with Gasteiger partial charge in [-0.05, 0) is 23.9 Å². The molecule has 0 spiro atoms. The molecule has 0 aliphatic carbocycles. The van der Waals surface area contributed by atoms with Gasteiger partial charge >= 0.3 is 0 Å². The van der Waals surface area contributed by atoms with E-state index in [0.29, 0.717) is 13.1 Å². The van der Waals surface area contributed by atoms with Gasteiger partial charge in [-0.1, -0.05) is 0 Å². The maximum absolute atomic E-state index is 12.6. The first-order chi connectivity index (χ1) is 11.3. The average Bonchev–Trinajstić information content (AvgIpc) is 3.24. The van der Waals surface area contributed by atoms with Crippen LogP contribution in [-0.2, 0) is 12.8 Å². The van der Waals surface area contributed by atoms with Crippen molar-refractivity contribution in [3.63, 3.8) is 0 Å². The van der Waals surface area contributed by atoms with Crippen LogP contribution in [0, 0.1) is 0 Å². The van der Waals surface area contributed by atoms with Gasteiger partial charge in [0.05, 0.1) is 23.8 Å². The molecule has 3 aromatic rings. The molecular formula is C17H15N3O2S. The molecule has 0 aromatic carbocycles. The molecule has 0 unspecified atom stereocenters. The normalized spacial score (nSPS) is 14.3. The Balaban J connectivity index is 1.62. The molecule has 1 amide bonds. The van der Waals surface area contributed by atoms with E-state index < -0.39 is 0 Å². The first-order valence-corrected chi connectivity index (χ1v) is 8.44. The molecule has 0 saturated heterocycles. The largest absolute Gasteiger partial charge is 0.472 e. The summed E-state index contributed by atoms with van der Waals surface area (Å²) in [6.45, 7) is 1.36. The van der Waals surface area contributed by atoms with Crippen LogP contribution < -0.4 is 0 Å². The Morgan fingerprint density at radius 3 is 2.91 bits per heavy atom. The fourth-order valence-electron chi connectivity index (χ4n) is 2.95. The van der Waals surface area contributed by atoms with Crippen LogP contribution in [0.2, 0.25) is 0 Å². The van der Waals surface area contributed by atoms with Crippen LogP contribution in [0.3, 0.4) is 0 Å². The highest BCUT2D eigenvalue weighted by molar-refractivity contribution is 7.08. The van der Waals surface area contributed by atoms with Crippen LogP contribution in [-0.4, -0.2) is 33.9 Å². The Labute approximate surface area is 137 Å². The Morgan fingerprint density at radius 1 is 1.22 bits per heavy atom. The summed E-state index contributed by atoms with van der Waals surface area (Å²) in [6.07, 6.45) is 6.44. The van der Waals surface area contributed by atoms with E-state index in [2.05, 4.69) is 9.97 Å². The van der Waals surface area contributed by atoms with Gasteiger partial charge in [0.25, 0.3) is 5.91 Å². The molecule has 0 radical (unpaired) electrons. The first kappa shape index (κ1) is 14.1. The lowest BCUT2D eigenvalue weighted by molar-refractivity contribution is 0.0763. The smallest absolute Gasteiger partial charge is 0.254 e. The molecule has 5 nitrogen and oxygen atoms in total. The molecule has 0 N–H and O–H groups in total. The minimum atomic E-state index is 0.0943. The van der Waals surface area contributed by atoms with Crippen molar-refractivity contribution < 1.29 is 9.21 Å². The second-order valence-corrected chi connectivity index (χ2v) is 6.24. The molecule has 1 aliphatic rings. The number of rotatable bonds is 2. The van der Waals surface area contributed by atoms with Gasteiger partial charge in [-0.25, -0.2) is 9.97 Å². The quantitative estimate of drug-likeness (QED) is 0.726. The van der Waals surface area contributed by atoms with Gasteiger partial charge in [0.2, 0.25) is 0 Å². The van der Waals surface area contributed by atoms with Gasteiger partial charge in [-0.15, -0.1) is 0 Å². The molecule has 0 atom stereocenters. The fourth-order valence-corrected chi connectivity index (χ4v) is 3.58. The number of carbonyl (C=O) groups is 1. The lowest BCUT2D eigenvalue weighted by Gasteiger charge is -2.19. The van der Waals surface area contributed by atoms with E-state index in [4.69, 9.17) is 4.42 Å². The summed E-state index contributed by atoms with van der Waals surface area (Å²) in [5, 5.41) is 3.83. The van der Waals surface area contributed by atoms with Gasteiger partial charge in [-0.2, -0.15) is 11.3 Å². The molecule has 0 fully saturated rings. The topological polar surface area (TPSA) is 59.2 Å². The lowest BCUT2D eigenvalue weighted by Crippen LogP contribution is -2.33. The zero-order valence-corrected chi connectivity index (χ0v) is 13.3. The van der Waals surface area contributed by atoms with Gasteiger partial charge in [-0.3, -0.25) is 4.79 Å². The summed E-state index contributed by atoms with van der Waals surface area (Å²) < 4.78 is 5.18. The number of amides is 1. The maximum Gasteiger partial charge on any atom is 0.254 e. The minimum Gasteiger partial charge on any atom is -0.472 e. The van der Waals surface area contributed by atoms with Gasteiger partial charge in [0.1, 0.15) is 6.33 Å². The van der Waals surface area contributed by atoms with Crippen LogP contribution in [0.15, 0.2) is 46.2 Å². The maximum atomic E-state index is 12.6. The van der Waals surface area contributed by atoms with Crippen LogP contribution in [0.4, 0.5) is 0 Å². The first-order valence-electron chi connectivity index (χ1n) is 7.50. The molecule has 4 rings (SSSR count). The van der Waals surface area contributed by atoms with Gasteiger partial charge in [0.15, 0.2) is 0 Å². The third-order valence-corrected chi connectivity index (χ3v) is 4.82. The Morgan fingerprint density at radius 2 is 2.13 bits per heavy atom. The van der Waals surface area contributed by atoms with Crippen molar-refractivity contribution in [1.29, 1.82) is 0 Å². The predicted molar refractivity (Wildman–Crippen MR) is 87.4 cm³/mol. The van der Waals surface area contributed by atoms with E-state index in [-0.39, 0.29) is 5.91 Å². The molecule has 4 heterocycles. The number of nitrogens with zero attached hydrogens (tertiary/aromatic N) is 3. The molecule has 0 bridgehead atoms. The van der Waals surface area contributed by atoms with Crippen LogP contribution in [0.5, 0.6) is 0 Å². The van der Waals surface area contributed by atoms with Crippen molar-refractivity contribution in [2.45, 2.75) is 12.8 Å². The summed E-state index contributed by atoms with van der Waals surface area (Å²) in [6, 6.07) is 3.78. The molecular weight excluding hydrogens is 310 g/mol. The van der Waals surface area contributed by atoms with E-state index >= 15 is 0 Å². The fraction of sp³-hybridized carbons (Fsp3) is 0.235. The Kier molecular flexibility index (Phi) is 3.67.